The van der Waals surface area contributed by atoms with Crippen LogP contribution in [-0.4, -0.2) is 34.1 Å². The van der Waals surface area contributed by atoms with Gasteiger partial charge in [0.05, 0.1) is 12.1 Å². The Morgan fingerprint density at radius 3 is 1.64 bits per heavy atom. The van der Waals surface area contributed by atoms with Crippen molar-refractivity contribution in [1.29, 1.82) is 0 Å². The van der Waals surface area contributed by atoms with Gasteiger partial charge in [-0.05, 0) is 48.2 Å². The molecule has 128 valence electrons. The minimum Gasteiger partial charge on any atom is -0.457 e. The predicted octanol–water partition coefficient (Wildman–Crippen LogP) is 1.65. The van der Waals surface area contributed by atoms with Gasteiger partial charge < -0.3 is 15.2 Å². The average molecular weight is 340 g/mol. The zero-order valence-electron chi connectivity index (χ0n) is 13.2. The number of rotatable bonds is 4. The molecule has 0 bridgehead atoms. The first kappa shape index (κ1) is 15.9. The molecule has 0 aliphatic heterocycles. The van der Waals surface area contributed by atoms with E-state index in [-0.39, 0.29) is 11.6 Å². The zero-order valence-corrected chi connectivity index (χ0v) is 13.2. The summed E-state index contributed by atoms with van der Waals surface area (Å²) in [5.74, 6) is 0.605. The van der Waals surface area contributed by atoms with Crippen molar-refractivity contribution in [3.8, 4) is 11.5 Å². The lowest BCUT2D eigenvalue weighted by atomic mass is 10.1. The van der Waals surface area contributed by atoms with Gasteiger partial charge in [0.25, 0.3) is 0 Å². The van der Waals surface area contributed by atoms with E-state index >= 15 is 0 Å². The number of fused-ring (bicyclic) bond motifs is 2. The molecule has 0 saturated carbocycles. The largest absolute Gasteiger partial charge is 0.457 e. The molecule has 0 heterocycles. The van der Waals surface area contributed by atoms with Crippen LogP contribution in [0, 0.1) is 0 Å². The van der Waals surface area contributed by atoms with E-state index in [1.807, 2.05) is 11.0 Å². The van der Waals surface area contributed by atoms with Crippen LogP contribution in [-0.2, 0) is 12.8 Å². The van der Waals surface area contributed by atoms with Gasteiger partial charge in [0.15, 0.2) is 11.6 Å². The maximum Gasteiger partial charge on any atom is 0.182 e. The normalized spacial score (nSPS) is 21.4. The molecule has 0 amide bonds. The molecule has 4 rings (SSSR count). The van der Waals surface area contributed by atoms with E-state index < -0.39 is 12.1 Å². The Bertz CT molecular complexity index is 808. The van der Waals surface area contributed by atoms with Crippen molar-refractivity contribution in [3.63, 3.8) is 0 Å². The van der Waals surface area contributed by atoms with E-state index in [9.17, 15) is 9.59 Å². The quantitative estimate of drug-likeness (QED) is 0.627. The van der Waals surface area contributed by atoms with Crippen molar-refractivity contribution in [2.45, 2.75) is 24.9 Å². The molecule has 4 N–H and O–H groups in total. The van der Waals surface area contributed by atoms with E-state index in [1.165, 1.54) is 0 Å². The number of hydrogen-bond donors (Lipinski definition) is 4. The lowest BCUT2D eigenvalue weighted by molar-refractivity contribution is 0.0783. The fourth-order valence-corrected chi connectivity index (χ4v) is 3.40. The van der Waals surface area contributed by atoms with E-state index in [0.717, 1.165) is 11.1 Å². The van der Waals surface area contributed by atoms with Gasteiger partial charge in [-0.2, -0.15) is 11.0 Å². The first-order valence-electron chi connectivity index (χ1n) is 7.92. The molecule has 0 unspecified atom stereocenters. The smallest absolute Gasteiger partial charge is 0.182 e. The van der Waals surface area contributed by atoms with Crippen molar-refractivity contribution >= 4 is 11.6 Å². The Morgan fingerprint density at radius 2 is 1.24 bits per heavy atom. The molecule has 2 aliphatic rings. The summed E-state index contributed by atoms with van der Waals surface area (Å²) >= 11 is 0. The van der Waals surface area contributed by atoms with Crippen LogP contribution in [0.2, 0.25) is 0 Å². The molecule has 2 aliphatic carbocycles. The lowest BCUT2D eigenvalue weighted by Gasteiger charge is -2.08. The second kappa shape index (κ2) is 6.05. The molecule has 25 heavy (non-hydrogen) atoms. The van der Waals surface area contributed by atoms with Crippen molar-refractivity contribution in [3.05, 3.63) is 58.7 Å². The van der Waals surface area contributed by atoms with E-state index in [2.05, 4.69) is 0 Å². The summed E-state index contributed by atoms with van der Waals surface area (Å²) in [5, 5.41) is 18.0. The summed E-state index contributed by atoms with van der Waals surface area (Å²) in [4.78, 5) is 24.3. The van der Waals surface area contributed by atoms with Gasteiger partial charge in [0.2, 0.25) is 0 Å². The van der Waals surface area contributed by atoms with Gasteiger partial charge in [-0.3, -0.25) is 9.59 Å². The fourth-order valence-electron chi connectivity index (χ4n) is 3.40. The van der Waals surface area contributed by atoms with Crippen LogP contribution in [0.25, 0.3) is 0 Å². The number of benzene rings is 2. The van der Waals surface area contributed by atoms with Gasteiger partial charge in [0, 0.05) is 11.1 Å². The Labute approximate surface area is 143 Å². The number of ether oxygens (including phenoxy) is 1. The van der Waals surface area contributed by atoms with E-state index in [1.54, 1.807) is 36.4 Å². The molecular formula is C18H16N2O5. The van der Waals surface area contributed by atoms with Gasteiger partial charge >= 0.3 is 0 Å². The number of hydroxylamine groups is 2. The Balaban J connectivity index is 1.59. The molecule has 0 aromatic heterocycles. The number of hydrogen-bond acceptors (Lipinski definition) is 7. The molecular weight excluding hydrogens is 324 g/mol. The monoisotopic (exact) mass is 340 g/mol. The summed E-state index contributed by atoms with van der Waals surface area (Å²) in [6.45, 7) is 0. The van der Waals surface area contributed by atoms with Crippen molar-refractivity contribution in [1.82, 2.24) is 11.0 Å². The number of carbonyl (C=O) groups excluding carboxylic acids is 2. The van der Waals surface area contributed by atoms with Crippen LogP contribution >= 0.6 is 0 Å². The van der Waals surface area contributed by atoms with Crippen LogP contribution < -0.4 is 15.7 Å². The Kier molecular flexibility index (Phi) is 3.85. The molecule has 0 radical (unpaired) electrons. The summed E-state index contributed by atoms with van der Waals surface area (Å²) < 4.78 is 5.79. The lowest BCUT2D eigenvalue weighted by Crippen LogP contribution is -2.31. The SMILES string of the molecule is O=C1c2cc(Oc3ccc4c(c3)C(=O)[C@@H](NO)C4)ccc2C[C@@H]1NO. The highest BCUT2D eigenvalue weighted by Gasteiger charge is 2.31. The number of Topliss-reactive ketones (excluding diaryl/α,β-unsaturated/α-hetero) is 2. The summed E-state index contributed by atoms with van der Waals surface area (Å²) in [5.41, 5.74) is 6.78. The van der Waals surface area contributed by atoms with Gasteiger partial charge in [-0.15, -0.1) is 0 Å². The predicted molar refractivity (Wildman–Crippen MR) is 86.4 cm³/mol. The molecule has 2 aromatic rings. The van der Waals surface area contributed by atoms with Gasteiger partial charge in [0.1, 0.15) is 11.5 Å². The first-order valence-corrected chi connectivity index (χ1v) is 7.92. The summed E-state index contributed by atoms with van der Waals surface area (Å²) in [6, 6.07) is 9.13. The zero-order chi connectivity index (χ0) is 17.6. The van der Waals surface area contributed by atoms with Gasteiger partial charge in [-0.1, -0.05) is 12.1 Å². The highest BCUT2D eigenvalue weighted by Crippen LogP contribution is 2.32. The van der Waals surface area contributed by atoms with Gasteiger partial charge in [-0.25, -0.2) is 0 Å². The summed E-state index contributed by atoms with van der Waals surface area (Å²) in [6.07, 6.45) is 0.877. The van der Waals surface area contributed by atoms with Crippen LogP contribution in [0.4, 0.5) is 0 Å². The third-order valence-corrected chi connectivity index (χ3v) is 4.72. The molecule has 0 saturated heterocycles. The van der Waals surface area contributed by atoms with Crippen LogP contribution in [0.5, 0.6) is 11.5 Å². The first-order chi connectivity index (χ1) is 12.1. The summed E-state index contributed by atoms with van der Waals surface area (Å²) in [7, 11) is 0. The van der Waals surface area contributed by atoms with E-state index in [0.29, 0.717) is 35.5 Å². The molecule has 0 spiro atoms. The van der Waals surface area contributed by atoms with Crippen LogP contribution in [0.15, 0.2) is 36.4 Å². The van der Waals surface area contributed by atoms with Crippen molar-refractivity contribution < 1.29 is 24.7 Å². The standard InChI is InChI=1S/C18H16N2O5/c21-17-13-7-11(3-1-9(13)5-15(17)19-23)25-12-4-2-10-6-16(20-24)18(22)14(10)8-12/h1-4,7-8,15-16,19-20,23-24H,5-6H2/t15-,16-/m0/s1. The average Bonchev–Trinajstić information content (AvgIpc) is 3.12. The third kappa shape index (κ3) is 2.63. The van der Waals surface area contributed by atoms with Crippen LogP contribution in [0.1, 0.15) is 31.8 Å². The second-order valence-electron chi connectivity index (χ2n) is 6.24. The van der Waals surface area contributed by atoms with Crippen LogP contribution in [0.3, 0.4) is 0 Å². The molecule has 2 atom stereocenters. The Morgan fingerprint density at radius 1 is 0.800 bits per heavy atom. The molecule has 2 aromatic carbocycles. The van der Waals surface area contributed by atoms with Crippen molar-refractivity contribution in [2.75, 3.05) is 0 Å². The molecule has 0 fully saturated rings. The highest BCUT2D eigenvalue weighted by molar-refractivity contribution is 6.05. The minimum atomic E-state index is -0.620. The topological polar surface area (TPSA) is 108 Å². The maximum atomic E-state index is 12.1. The van der Waals surface area contributed by atoms with Crippen molar-refractivity contribution in [2.24, 2.45) is 0 Å². The molecule has 7 heteroatoms. The van der Waals surface area contributed by atoms with E-state index in [4.69, 9.17) is 15.2 Å². The number of carbonyl (C=O) groups is 2. The second-order valence-corrected chi connectivity index (χ2v) is 6.24. The Hall–Kier alpha value is -2.58. The minimum absolute atomic E-state index is 0.177. The number of ketones is 2. The fraction of sp³-hybridized carbons (Fsp3) is 0.222. The highest BCUT2D eigenvalue weighted by atomic mass is 16.5. The molecule has 7 nitrogen and oxygen atoms in total. The number of nitrogens with one attached hydrogen (secondary N) is 2. The third-order valence-electron chi connectivity index (χ3n) is 4.72. The maximum absolute atomic E-state index is 12.1.